The Balaban J connectivity index is 3.18. The Kier molecular flexibility index (Phi) is 16.4. The van der Waals surface area contributed by atoms with Gasteiger partial charge in [0.15, 0.2) is 0 Å². The van der Waals surface area contributed by atoms with Gasteiger partial charge in [0.25, 0.3) is 0 Å². The van der Waals surface area contributed by atoms with Crippen LogP contribution in [0.5, 0.6) is 0 Å². The number of nitrogens with two attached hydrogens (primary N) is 1. The highest BCUT2D eigenvalue weighted by Gasteiger charge is 2.04. The minimum atomic E-state index is -0.108. The summed E-state index contributed by atoms with van der Waals surface area (Å²) < 4.78 is 4.63. The van der Waals surface area contributed by atoms with Crippen molar-refractivity contribution in [3.05, 3.63) is 0 Å². The molecule has 0 heterocycles. The third-order valence-corrected chi connectivity index (χ3v) is 4.36. The highest BCUT2D eigenvalue weighted by molar-refractivity contribution is 5.68. The van der Waals surface area contributed by atoms with E-state index in [1.807, 2.05) is 0 Å². The predicted molar refractivity (Wildman–Crippen MR) is 94.9 cm³/mol. The zero-order valence-corrected chi connectivity index (χ0v) is 15.1. The smallest absolute Gasteiger partial charge is 0.305 e. The van der Waals surface area contributed by atoms with Crippen LogP contribution >= 0.6 is 0 Å². The summed E-state index contributed by atoms with van der Waals surface area (Å²) in [7, 11) is 1.44. The molecule has 0 aliphatic rings. The van der Waals surface area contributed by atoms with Gasteiger partial charge >= 0.3 is 5.97 Å². The van der Waals surface area contributed by atoms with E-state index < -0.39 is 0 Å². The molecule has 0 aliphatic carbocycles. The molecular weight excluding hydrogens is 274 g/mol. The van der Waals surface area contributed by atoms with Crippen LogP contribution in [-0.4, -0.2) is 19.1 Å². The van der Waals surface area contributed by atoms with Gasteiger partial charge in [-0.05, 0) is 19.3 Å². The molecule has 132 valence electrons. The number of esters is 1. The second kappa shape index (κ2) is 16.8. The lowest BCUT2D eigenvalue weighted by Crippen LogP contribution is -2.19. The van der Waals surface area contributed by atoms with Crippen molar-refractivity contribution in [2.45, 2.75) is 109 Å². The maximum absolute atomic E-state index is 11.0. The fourth-order valence-corrected chi connectivity index (χ4v) is 2.82. The molecule has 2 N–H and O–H groups in total. The summed E-state index contributed by atoms with van der Waals surface area (Å²) in [5, 5.41) is 0. The lowest BCUT2D eigenvalue weighted by atomic mass is 10.0. The van der Waals surface area contributed by atoms with Gasteiger partial charge in [-0.3, -0.25) is 4.79 Å². The SMILES string of the molecule is CCCCCCCCCCCCC(N)CCCCC(=O)OC. The third-order valence-electron chi connectivity index (χ3n) is 4.36. The summed E-state index contributed by atoms with van der Waals surface area (Å²) >= 11 is 0. The molecule has 0 aromatic heterocycles. The number of carbonyl (C=O) groups excluding carboxylic acids is 1. The van der Waals surface area contributed by atoms with E-state index in [1.165, 1.54) is 71.3 Å². The average molecular weight is 314 g/mol. The van der Waals surface area contributed by atoms with Crippen molar-refractivity contribution in [2.24, 2.45) is 5.73 Å². The largest absolute Gasteiger partial charge is 0.469 e. The molecule has 3 nitrogen and oxygen atoms in total. The van der Waals surface area contributed by atoms with Crippen LogP contribution in [0.4, 0.5) is 0 Å². The third kappa shape index (κ3) is 15.8. The number of hydrogen-bond donors (Lipinski definition) is 1. The van der Waals surface area contributed by atoms with E-state index in [0.29, 0.717) is 12.5 Å². The van der Waals surface area contributed by atoms with Crippen LogP contribution in [0.25, 0.3) is 0 Å². The second-order valence-corrected chi connectivity index (χ2v) is 6.55. The van der Waals surface area contributed by atoms with Crippen molar-refractivity contribution in [2.75, 3.05) is 7.11 Å². The summed E-state index contributed by atoms with van der Waals surface area (Å²) in [6, 6.07) is 0.312. The van der Waals surface area contributed by atoms with Crippen LogP contribution < -0.4 is 5.73 Å². The maximum atomic E-state index is 11.0. The second-order valence-electron chi connectivity index (χ2n) is 6.55. The molecule has 0 amide bonds. The van der Waals surface area contributed by atoms with E-state index in [2.05, 4.69) is 11.7 Å². The van der Waals surface area contributed by atoms with Gasteiger partial charge in [-0.15, -0.1) is 0 Å². The fourth-order valence-electron chi connectivity index (χ4n) is 2.82. The summed E-state index contributed by atoms with van der Waals surface area (Å²) in [4.78, 5) is 11.0. The Morgan fingerprint density at radius 1 is 0.818 bits per heavy atom. The molecule has 0 saturated heterocycles. The van der Waals surface area contributed by atoms with Gasteiger partial charge in [0.05, 0.1) is 7.11 Å². The fraction of sp³-hybridized carbons (Fsp3) is 0.947. The molecule has 0 aromatic carbocycles. The Bertz CT molecular complexity index is 244. The number of hydrogen-bond acceptors (Lipinski definition) is 3. The zero-order valence-electron chi connectivity index (χ0n) is 15.1. The summed E-state index contributed by atoms with van der Waals surface area (Å²) in [5.41, 5.74) is 6.12. The molecule has 1 atom stereocenters. The van der Waals surface area contributed by atoms with Crippen molar-refractivity contribution in [1.29, 1.82) is 0 Å². The van der Waals surface area contributed by atoms with E-state index in [1.54, 1.807) is 0 Å². The van der Waals surface area contributed by atoms with Crippen molar-refractivity contribution >= 4 is 5.97 Å². The molecule has 0 bridgehead atoms. The predicted octanol–water partition coefficient (Wildman–Crippen LogP) is 5.36. The van der Waals surface area contributed by atoms with Gasteiger partial charge in [-0.2, -0.15) is 0 Å². The van der Waals surface area contributed by atoms with Gasteiger partial charge < -0.3 is 10.5 Å². The molecule has 0 aromatic rings. The zero-order chi connectivity index (χ0) is 16.5. The van der Waals surface area contributed by atoms with E-state index in [0.717, 1.165) is 25.7 Å². The van der Waals surface area contributed by atoms with Gasteiger partial charge in [-0.25, -0.2) is 0 Å². The highest BCUT2D eigenvalue weighted by atomic mass is 16.5. The number of carbonyl (C=O) groups is 1. The number of ether oxygens (including phenoxy) is 1. The normalized spacial score (nSPS) is 12.3. The first-order chi connectivity index (χ1) is 10.7. The molecule has 0 radical (unpaired) electrons. The first-order valence-electron chi connectivity index (χ1n) is 9.53. The monoisotopic (exact) mass is 313 g/mol. The van der Waals surface area contributed by atoms with Crippen molar-refractivity contribution in [3.8, 4) is 0 Å². The van der Waals surface area contributed by atoms with Gasteiger partial charge in [-0.1, -0.05) is 77.6 Å². The Morgan fingerprint density at radius 3 is 1.77 bits per heavy atom. The van der Waals surface area contributed by atoms with Crippen LogP contribution in [0.3, 0.4) is 0 Å². The molecule has 0 rings (SSSR count). The van der Waals surface area contributed by atoms with Crippen molar-refractivity contribution < 1.29 is 9.53 Å². The van der Waals surface area contributed by atoms with E-state index in [-0.39, 0.29) is 5.97 Å². The molecule has 3 heteroatoms. The van der Waals surface area contributed by atoms with Crippen LogP contribution in [0.15, 0.2) is 0 Å². The van der Waals surface area contributed by atoms with Crippen LogP contribution in [-0.2, 0) is 9.53 Å². The number of methoxy groups -OCH3 is 1. The highest BCUT2D eigenvalue weighted by Crippen LogP contribution is 2.13. The van der Waals surface area contributed by atoms with Crippen LogP contribution in [0.1, 0.15) is 103 Å². The standard InChI is InChI=1S/C19H39NO2/c1-3-4-5-6-7-8-9-10-11-12-15-18(20)16-13-14-17-19(21)22-2/h18H,3-17,20H2,1-2H3. The molecule has 22 heavy (non-hydrogen) atoms. The minimum absolute atomic E-state index is 0.108. The van der Waals surface area contributed by atoms with E-state index in [9.17, 15) is 4.79 Å². The van der Waals surface area contributed by atoms with Crippen molar-refractivity contribution in [1.82, 2.24) is 0 Å². The number of rotatable bonds is 16. The summed E-state index contributed by atoms with van der Waals surface area (Å²) in [6.45, 7) is 2.27. The Morgan fingerprint density at radius 2 is 1.27 bits per heavy atom. The van der Waals surface area contributed by atoms with Crippen LogP contribution in [0.2, 0.25) is 0 Å². The topological polar surface area (TPSA) is 52.3 Å². The molecule has 0 spiro atoms. The van der Waals surface area contributed by atoms with Gasteiger partial charge in [0.2, 0.25) is 0 Å². The quantitative estimate of drug-likeness (QED) is 0.308. The van der Waals surface area contributed by atoms with E-state index in [4.69, 9.17) is 5.73 Å². The molecule has 0 fully saturated rings. The molecule has 0 aliphatic heterocycles. The Hall–Kier alpha value is -0.570. The van der Waals surface area contributed by atoms with Crippen molar-refractivity contribution in [3.63, 3.8) is 0 Å². The summed E-state index contributed by atoms with van der Waals surface area (Å²) in [6.07, 6.45) is 18.4. The minimum Gasteiger partial charge on any atom is -0.469 e. The summed E-state index contributed by atoms with van der Waals surface area (Å²) in [5.74, 6) is -0.108. The first kappa shape index (κ1) is 21.4. The van der Waals surface area contributed by atoms with Crippen LogP contribution in [0, 0.1) is 0 Å². The average Bonchev–Trinajstić information content (AvgIpc) is 2.53. The molecule has 0 saturated carbocycles. The van der Waals surface area contributed by atoms with Gasteiger partial charge in [0.1, 0.15) is 0 Å². The van der Waals surface area contributed by atoms with E-state index >= 15 is 0 Å². The molecule has 1 unspecified atom stereocenters. The lowest BCUT2D eigenvalue weighted by Gasteiger charge is -2.11. The first-order valence-corrected chi connectivity index (χ1v) is 9.53. The number of unbranched alkanes of at least 4 members (excludes halogenated alkanes) is 10. The maximum Gasteiger partial charge on any atom is 0.305 e. The molecular formula is C19H39NO2. The van der Waals surface area contributed by atoms with Gasteiger partial charge in [0, 0.05) is 12.5 Å². The lowest BCUT2D eigenvalue weighted by molar-refractivity contribution is -0.140. The Labute approximate surface area is 138 Å².